The van der Waals surface area contributed by atoms with Gasteiger partial charge in [0.1, 0.15) is 12.8 Å². The molecule has 1 saturated heterocycles. The second kappa shape index (κ2) is 8.40. The van der Waals surface area contributed by atoms with Crippen LogP contribution in [0.15, 0.2) is 53.1 Å². The molecule has 1 aromatic carbocycles. The van der Waals surface area contributed by atoms with Crippen LogP contribution < -0.4 is 0 Å². The van der Waals surface area contributed by atoms with Gasteiger partial charge in [-0.05, 0) is 81.7 Å². The fraction of sp³-hybridized carbons (Fsp3) is 0.613. The van der Waals surface area contributed by atoms with Crippen LogP contribution in [0.3, 0.4) is 0 Å². The average molecular weight is 524 g/mol. The molecule has 1 aliphatic heterocycles. The van der Waals surface area contributed by atoms with Crippen LogP contribution in [-0.4, -0.2) is 58.1 Å². The molecule has 3 saturated carbocycles. The summed E-state index contributed by atoms with van der Waals surface area (Å²) in [5.74, 6) is -1.89. The van der Waals surface area contributed by atoms with Gasteiger partial charge in [-0.15, -0.1) is 0 Å². The third kappa shape index (κ3) is 3.44. The highest BCUT2D eigenvalue weighted by Gasteiger charge is 2.77. The number of carbonyl (C=O) groups is 1. The Kier molecular flexibility index (Phi) is 5.76. The van der Waals surface area contributed by atoms with Gasteiger partial charge in [0, 0.05) is 16.7 Å². The smallest absolute Gasteiger partial charge is 0.193 e. The SMILES string of the molecule is Cc1ccc(N=C2C=C[C@@]3(C)C(=C2)[C@@H](F)C[C@@H]2[C@@H]3[C@@H](O)C[C@@]3(C)[C@H]2C[C@H]2OC(C)(C)O[C@]23C(=O)CO)cc1. The third-order valence-corrected chi connectivity index (χ3v) is 10.3. The Hall–Kier alpha value is -2.19. The molecule has 0 radical (unpaired) electrons. The number of hydrogen-bond donors (Lipinski definition) is 2. The number of benzene rings is 1. The monoisotopic (exact) mass is 523 g/mol. The quantitative estimate of drug-likeness (QED) is 0.595. The number of ether oxygens (including phenoxy) is 2. The highest BCUT2D eigenvalue weighted by molar-refractivity contribution is 6.07. The largest absolute Gasteiger partial charge is 0.393 e. The molecule has 4 fully saturated rings. The van der Waals surface area contributed by atoms with Gasteiger partial charge in [-0.3, -0.25) is 4.79 Å². The number of allylic oxidation sites excluding steroid dienone is 4. The van der Waals surface area contributed by atoms with Crippen LogP contribution in [0, 0.1) is 35.5 Å². The molecule has 4 aliphatic carbocycles. The Balaban J connectivity index is 1.38. The number of carbonyl (C=O) groups excluding carboxylic acids is 1. The summed E-state index contributed by atoms with van der Waals surface area (Å²) >= 11 is 0. The number of aryl methyl sites for hydroxylation is 1. The van der Waals surface area contributed by atoms with Crippen molar-refractivity contribution in [3.63, 3.8) is 0 Å². The molecule has 5 aliphatic rings. The van der Waals surface area contributed by atoms with E-state index < -0.39 is 53.0 Å². The Morgan fingerprint density at radius 2 is 1.87 bits per heavy atom. The van der Waals surface area contributed by atoms with Gasteiger partial charge < -0.3 is 19.7 Å². The van der Waals surface area contributed by atoms with Crippen LogP contribution >= 0.6 is 0 Å². The minimum atomic E-state index is -1.36. The van der Waals surface area contributed by atoms with Gasteiger partial charge >= 0.3 is 0 Å². The van der Waals surface area contributed by atoms with Crippen LogP contribution in [-0.2, 0) is 14.3 Å². The maximum atomic E-state index is 16.1. The molecule has 7 heteroatoms. The van der Waals surface area contributed by atoms with Crippen molar-refractivity contribution in [3.8, 4) is 0 Å². The molecule has 0 spiro atoms. The molecule has 1 heterocycles. The number of hydrogen-bond acceptors (Lipinski definition) is 6. The van der Waals surface area contributed by atoms with Crippen molar-refractivity contribution in [2.45, 2.75) is 83.6 Å². The molecule has 1 aromatic rings. The summed E-state index contributed by atoms with van der Waals surface area (Å²) in [6.07, 6.45) is 4.40. The topological polar surface area (TPSA) is 88.4 Å². The lowest BCUT2D eigenvalue weighted by molar-refractivity contribution is -0.226. The number of fused-ring (bicyclic) bond motifs is 7. The molecule has 0 unspecified atom stereocenters. The Bertz CT molecular complexity index is 1250. The molecule has 9 atom stereocenters. The van der Waals surface area contributed by atoms with E-state index in [-0.39, 0.29) is 24.2 Å². The van der Waals surface area contributed by atoms with Crippen molar-refractivity contribution in [3.05, 3.63) is 53.6 Å². The lowest BCUT2D eigenvalue weighted by Gasteiger charge is -2.60. The first-order valence-corrected chi connectivity index (χ1v) is 13.8. The number of nitrogens with zero attached hydrogens (tertiary/aromatic N) is 1. The summed E-state index contributed by atoms with van der Waals surface area (Å²) in [7, 11) is 0. The molecular formula is C31H38FNO5. The van der Waals surface area contributed by atoms with E-state index >= 15 is 4.39 Å². The van der Waals surface area contributed by atoms with E-state index in [1.807, 2.05) is 63.3 Å². The lowest BCUT2D eigenvalue weighted by Crippen LogP contribution is -2.64. The van der Waals surface area contributed by atoms with E-state index in [0.717, 1.165) is 11.3 Å². The number of rotatable bonds is 3. The summed E-state index contributed by atoms with van der Waals surface area (Å²) in [4.78, 5) is 18.1. The molecule has 204 valence electrons. The summed E-state index contributed by atoms with van der Waals surface area (Å²) in [5.41, 5.74) is 0.486. The summed E-state index contributed by atoms with van der Waals surface area (Å²) < 4.78 is 28.7. The number of aliphatic hydroxyl groups excluding tert-OH is 2. The summed E-state index contributed by atoms with van der Waals surface area (Å²) in [5, 5.41) is 21.7. The van der Waals surface area contributed by atoms with E-state index in [4.69, 9.17) is 14.5 Å². The predicted octanol–water partition coefficient (Wildman–Crippen LogP) is 4.79. The standard InChI is InChI=1S/C31H38FNO5/c1-17-6-8-18(9-7-17)33-19-10-11-29(4)22(12-19)23(32)13-20-21-14-26-31(25(36)16-34,38-28(2,3)37-26)30(21,5)15-24(35)27(20)29/h6-12,20-21,23-24,26-27,34-35H,13-16H2,1-5H3/t20-,21-,23-,24-,26+,27+,29-,30-,31+/m0/s1. The van der Waals surface area contributed by atoms with Gasteiger partial charge in [-0.2, -0.15) is 0 Å². The Morgan fingerprint density at radius 3 is 2.55 bits per heavy atom. The number of halogens is 1. The average Bonchev–Trinajstić information content (AvgIpc) is 3.26. The van der Waals surface area contributed by atoms with Gasteiger partial charge in [0.25, 0.3) is 0 Å². The van der Waals surface area contributed by atoms with Crippen LogP contribution in [0.2, 0.25) is 0 Å². The minimum Gasteiger partial charge on any atom is -0.393 e. The molecule has 6 rings (SSSR count). The van der Waals surface area contributed by atoms with Crippen molar-refractivity contribution < 1.29 is 28.9 Å². The molecule has 0 bridgehead atoms. The van der Waals surface area contributed by atoms with Gasteiger partial charge in [0.2, 0.25) is 0 Å². The van der Waals surface area contributed by atoms with Gasteiger partial charge in [0.05, 0.1) is 23.6 Å². The fourth-order valence-electron chi connectivity index (χ4n) is 8.90. The van der Waals surface area contributed by atoms with E-state index in [0.29, 0.717) is 24.1 Å². The summed E-state index contributed by atoms with van der Waals surface area (Å²) in [6.45, 7) is 8.90. The first-order chi connectivity index (χ1) is 17.8. The lowest BCUT2D eigenvalue weighted by atomic mass is 9.46. The zero-order valence-corrected chi connectivity index (χ0v) is 22.8. The van der Waals surface area contributed by atoms with E-state index in [1.54, 1.807) is 13.8 Å². The Labute approximate surface area is 223 Å². The van der Waals surface area contributed by atoms with Crippen LogP contribution in [0.25, 0.3) is 0 Å². The first-order valence-electron chi connectivity index (χ1n) is 13.8. The van der Waals surface area contributed by atoms with Crippen LogP contribution in [0.4, 0.5) is 10.1 Å². The molecule has 2 N–H and O–H groups in total. The second-order valence-electron chi connectivity index (χ2n) is 12.9. The van der Waals surface area contributed by atoms with E-state index in [1.165, 1.54) is 0 Å². The first kappa shape index (κ1) is 26.1. The minimum absolute atomic E-state index is 0.0971. The predicted molar refractivity (Wildman–Crippen MR) is 142 cm³/mol. The number of aliphatic imine (C=N–C) groups is 1. The van der Waals surface area contributed by atoms with Crippen LogP contribution in [0.1, 0.15) is 52.5 Å². The highest BCUT2D eigenvalue weighted by atomic mass is 19.1. The number of aliphatic hydroxyl groups is 2. The molecule has 0 aromatic heterocycles. The second-order valence-corrected chi connectivity index (χ2v) is 12.9. The fourth-order valence-corrected chi connectivity index (χ4v) is 8.90. The third-order valence-electron chi connectivity index (χ3n) is 10.3. The molecule has 0 amide bonds. The molecule has 38 heavy (non-hydrogen) atoms. The zero-order valence-electron chi connectivity index (χ0n) is 22.8. The van der Waals surface area contributed by atoms with E-state index in [9.17, 15) is 15.0 Å². The van der Waals surface area contributed by atoms with Gasteiger partial charge in [-0.25, -0.2) is 9.38 Å². The molecule has 6 nitrogen and oxygen atoms in total. The maximum Gasteiger partial charge on any atom is 0.193 e. The maximum absolute atomic E-state index is 16.1. The highest BCUT2D eigenvalue weighted by Crippen LogP contribution is 2.70. The van der Waals surface area contributed by atoms with Crippen molar-refractivity contribution in [1.82, 2.24) is 0 Å². The number of alkyl halides is 1. The van der Waals surface area contributed by atoms with Crippen molar-refractivity contribution in [2.24, 2.45) is 33.6 Å². The summed E-state index contributed by atoms with van der Waals surface area (Å²) in [6, 6.07) is 7.90. The number of Topliss-reactive ketones (excluding diaryl/α,β-unsaturated/α-hetero) is 1. The molecular weight excluding hydrogens is 485 g/mol. The van der Waals surface area contributed by atoms with Crippen LogP contribution in [0.5, 0.6) is 0 Å². The normalized spacial score (nSPS) is 45.7. The van der Waals surface area contributed by atoms with Crippen molar-refractivity contribution >= 4 is 17.2 Å². The van der Waals surface area contributed by atoms with E-state index in [2.05, 4.69) is 0 Å². The van der Waals surface area contributed by atoms with Gasteiger partial charge in [0.15, 0.2) is 17.2 Å². The van der Waals surface area contributed by atoms with Gasteiger partial charge in [-0.1, -0.05) is 37.6 Å². The van der Waals surface area contributed by atoms with Crippen molar-refractivity contribution in [2.75, 3.05) is 6.61 Å². The zero-order chi connectivity index (χ0) is 27.3. The number of ketones is 1. The van der Waals surface area contributed by atoms with Crippen molar-refractivity contribution in [1.29, 1.82) is 0 Å². The Morgan fingerprint density at radius 1 is 1.16 bits per heavy atom.